The molecule has 1 aromatic carbocycles. The normalized spacial score (nSPS) is 12.1. The van der Waals surface area contributed by atoms with E-state index in [1.54, 1.807) is 23.9 Å². The van der Waals surface area contributed by atoms with Crippen LogP contribution in [-0.4, -0.2) is 28.6 Å². The summed E-state index contributed by atoms with van der Waals surface area (Å²) in [6.45, 7) is 2.31. The molecular weight excluding hydrogens is 260 g/mol. The van der Waals surface area contributed by atoms with E-state index >= 15 is 0 Å². The Labute approximate surface area is 118 Å². The average molecular weight is 282 g/mol. The summed E-state index contributed by atoms with van der Waals surface area (Å²) >= 11 is 1.79. The first kappa shape index (κ1) is 15.9. The zero-order valence-corrected chi connectivity index (χ0v) is 12.1. The van der Waals surface area contributed by atoms with Crippen LogP contribution in [0.3, 0.4) is 0 Å². The van der Waals surface area contributed by atoms with Crippen LogP contribution in [-0.2, 0) is 4.79 Å². The van der Waals surface area contributed by atoms with Crippen LogP contribution in [0, 0.1) is 0 Å². The van der Waals surface area contributed by atoms with Gasteiger partial charge in [-0.1, -0.05) is 19.1 Å². The van der Waals surface area contributed by atoms with Gasteiger partial charge in [-0.15, -0.1) is 0 Å². The number of hydrogen-bond acceptors (Lipinski definition) is 4. The monoisotopic (exact) mass is 282 g/mol. The molecule has 0 fully saturated rings. The second kappa shape index (κ2) is 8.82. The summed E-state index contributed by atoms with van der Waals surface area (Å²) in [6, 6.07) is 7.25. The van der Waals surface area contributed by atoms with Crippen molar-refractivity contribution in [1.82, 2.24) is 0 Å². The summed E-state index contributed by atoms with van der Waals surface area (Å²) in [5, 5.41) is 12.0. The van der Waals surface area contributed by atoms with Crippen LogP contribution in [0.15, 0.2) is 24.3 Å². The van der Waals surface area contributed by atoms with E-state index in [0.29, 0.717) is 23.0 Å². The molecule has 0 radical (unpaired) electrons. The lowest BCUT2D eigenvalue weighted by Crippen LogP contribution is -2.13. The minimum atomic E-state index is -0.00619. The Kier molecular flexibility index (Phi) is 7.36. The standard InChI is InChI=1S/C14H22N2O2S/c1-11(8-9-17)19-10-4-7-14(18)16-13-6-3-2-5-12(13)15/h2-3,5-6,11,17H,4,7-10,15H2,1H3,(H,16,18). The van der Waals surface area contributed by atoms with Crippen molar-refractivity contribution in [1.29, 1.82) is 0 Å². The van der Waals surface area contributed by atoms with E-state index in [2.05, 4.69) is 12.2 Å². The van der Waals surface area contributed by atoms with Gasteiger partial charge < -0.3 is 16.2 Å². The Bertz CT molecular complexity index is 399. The maximum atomic E-state index is 11.7. The smallest absolute Gasteiger partial charge is 0.224 e. The third kappa shape index (κ3) is 6.50. The summed E-state index contributed by atoms with van der Waals surface area (Å²) in [5.41, 5.74) is 7.01. The van der Waals surface area contributed by atoms with Crippen LogP contribution in [0.2, 0.25) is 0 Å². The molecule has 0 aliphatic rings. The average Bonchev–Trinajstić information content (AvgIpc) is 2.38. The number of para-hydroxylation sites is 2. The highest BCUT2D eigenvalue weighted by molar-refractivity contribution is 7.99. The number of amides is 1. The second-order valence-electron chi connectivity index (χ2n) is 4.43. The molecule has 1 aromatic rings. The second-order valence-corrected chi connectivity index (χ2v) is 5.98. The molecule has 5 heteroatoms. The molecule has 0 spiro atoms. The highest BCUT2D eigenvalue weighted by atomic mass is 32.2. The summed E-state index contributed by atoms with van der Waals surface area (Å²) in [6.07, 6.45) is 2.13. The number of carbonyl (C=O) groups is 1. The molecule has 0 aliphatic heterocycles. The highest BCUT2D eigenvalue weighted by Gasteiger charge is 2.06. The third-order valence-electron chi connectivity index (χ3n) is 2.72. The minimum Gasteiger partial charge on any atom is -0.397 e. The van der Waals surface area contributed by atoms with Crippen LogP contribution in [0.25, 0.3) is 0 Å². The van der Waals surface area contributed by atoms with Crippen LogP contribution in [0.1, 0.15) is 26.2 Å². The van der Waals surface area contributed by atoms with Gasteiger partial charge in [-0.3, -0.25) is 4.79 Å². The molecule has 0 aliphatic carbocycles. The zero-order chi connectivity index (χ0) is 14.1. The molecule has 0 bridgehead atoms. The third-order valence-corrected chi connectivity index (χ3v) is 4.05. The number of thioether (sulfide) groups is 1. The van der Waals surface area contributed by atoms with E-state index in [0.717, 1.165) is 18.6 Å². The lowest BCUT2D eigenvalue weighted by atomic mass is 10.2. The SMILES string of the molecule is CC(CCO)SCCCC(=O)Nc1ccccc1N. The van der Waals surface area contributed by atoms with Gasteiger partial charge in [0.25, 0.3) is 0 Å². The summed E-state index contributed by atoms with van der Waals surface area (Å²) in [5.74, 6) is 0.923. The minimum absolute atomic E-state index is 0.00619. The first-order valence-electron chi connectivity index (χ1n) is 6.50. The van der Waals surface area contributed by atoms with Crippen molar-refractivity contribution in [2.45, 2.75) is 31.4 Å². The largest absolute Gasteiger partial charge is 0.397 e. The van der Waals surface area contributed by atoms with Gasteiger partial charge in [0.15, 0.2) is 0 Å². The predicted molar refractivity (Wildman–Crippen MR) is 82.3 cm³/mol. The van der Waals surface area contributed by atoms with Crippen molar-refractivity contribution in [3.05, 3.63) is 24.3 Å². The van der Waals surface area contributed by atoms with Gasteiger partial charge in [0.2, 0.25) is 5.91 Å². The number of carbonyl (C=O) groups excluding carboxylic acids is 1. The molecule has 106 valence electrons. The van der Waals surface area contributed by atoms with Crippen molar-refractivity contribution in [2.75, 3.05) is 23.4 Å². The van der Waals surface area contributed by atoms with Crippen molar-refractivity contribution in [2.24, 2.45) is 0 Å². The first-order valence-corrected chi connectivity index (χ1v) is 7.55. The fourth-order valence-electron chi connectivity index (χ4n) is 1.61. The molecule has 1 unspecified atom stereocenters. The number of hydrogen-bond donors (Lipinski definition) is 3. The fraction of sp³-hybridized carbons (Fsp3) is 0.500. The summed E-state index contributed by atoms with van der Waals surface area (Å²) < 4.78 is 0. The Morgan fingerprint density at radius 3 is 2.89 bits per heavy atom. The van der Waals surface area contributed by atoms with Gasteiger partial charge >= 0.3 is 0 Å². The van der Waals surface area contributed by atoms with Crippen LogP contribution in [0.4, 0.5) is 11.4 Å². The molecule has 0 saturated heterocycles. The van der Waals surface area contributed by atoms with Crippen molar-refractivity contribution < 1.29 is 9.90 Å². The number of nitrogen functional groups attached to an aromatic ring is 1. The number of anilines is 2. The highest BCUT2D eigenvalue weighted by Crippen LogP contribution is 2.18. The topological polar surface area (TPSA) is 75.3 Å². The zero-order valence-electron chi connectivity index (χ0n) is 11.3. The van der Waals surface area contributed by atoms with E-state index in [-0.39, 0.29) is 12.5 Å². The quantitative estimate of drug-likeness (QED) is 0.506. The van der Waals surface area contributed by atoms with Crippen LogP contribution >= 0.6 is 11.8 Å². The van der Waals surface area contributed by atoms with Crippen molar-refractivity contribution >= 4 is 29.0 Å². The predicted octanol–water partition coefficient (Wildman–Crippen LogP) is 2.49. The number of nitrogens with one attached hydrogen (secondary N) is 1. The molecule has 1 amide bonds. The van der Waals surface area contributed by atoms with Gasteiger partial charge in [0.1, 0.15) is 0 Å². The lowest BCUT2D eigenvalue weighted by molar-refractivity contribution is -0.116. The Morgan fingerprint density at radius 1 is 1.47 bits per heavy atom. The van der Waals surface area contributed by atoms with E-state index in [1.165, 1.54) is 0 Å². The first-order chi connectivity index (χ1) is 9.13. The fourth-order valence-corrected chi connectivity index (χ4v) is 2.59. The molecule has 0 aromatic heterocycles. The lowest BCUT2D eigenvalue weighted by Gasteiger charge is -2.10. The Balaban J connectivity index is 2.20. The maximum Gasteiger partial charge on any atom is 0.224 e. The molecular formula is C14H22N2O2S. The number of nitrogens with two attached hydrogens (primary N) is 1. The van der Waals surface area contributed by atoms with Crippen molar-refractivity contribution in [3.8, 4) is 0 Å². The number of rotatable bonds is 8. The number of benzene rings is 1. The van der Waals surface area contributed by atoms with Gasteiger partial charge in [-0.05, 0) is 30.7 Å². The molecule has 1 rings (SSSR count). The summed E-state index contributed by atoms with van der Waals surface area (Å²) in [4.78, 5) is 11.7. The van der Waals surface area contributed by atoms with E-state index in [9.17, 15) is 4.79 Å². The molecule has 1 atom stereocenters. The van der Waals surface area contributed by atoms with Gasteiger partial charge in [0.05, 0.1) is 11.4 Å². The molecule has 19 heavy (non-hydrogen) atoms. The molecule has 4 nitrogen and oxygen atoms in total. The van der Waals surface area contributed by atoms with E-state index < -0.39 is 0 Å². The van der Waals surface area contributed by atoms with Crippen molar-refractivity contribution in [3.63, 3.8) is 0 Å². The van der Waals surface area contributed by atoms with E-state index in [1.807, 2.05) is 12.1 Å². The van der Waals surface area contributed by atoms with Crippen LogP contribution in [0.5, 0.6) is 0 Å². The number of aliphatic hydroxyl groups excluding tert-OH is 1. The maximum absolute atomic E-state index is 11.7. The molecule has 0 heterocycles. The molecule has 4 N–H and O–H groups in total. The summed E-state index contributed by atoms with van der Waals surface area (Å²) in [7, 11) is 0. The molecule has 0 saturated carbocycles. The van der Waals surface area contributed by atoms with Gasteiger partial charge in [0, 0.05) is 18.3 Å². The van der Waals surface area contributed by atoms with Gasteiger partial charge in [-0.25, -0.2) is 0 Å². The number of aliphatic hydroxyl groups is 1. The van der Waals surface area contributed by atoms with Crippen LogP contribution < -0.4 is 11.1 Å². The van der Waals surface area contributed by atoms with E-state index in [4.69, 9.17) is 10.8 Å². The van der Waals surface area contributed by atoms with Gasteiger partial charge in [-0.2, -0.15) is 11.8 Å². The Hall–Kier alpha value is -1.20. The Morgan fingerprint density at radius 2 is 2.21 bits per heavy atom.